The van der Waals surface area contributed by atoms with Crippen molar-refractivity contribution < 1.29 is 0 Å². The van der Waals surface area contributed by atoms with Crippen LogP contribution < -0.4 is 0 Å². The van der Waals surface area contributed by atoms with Crippen molar-refractivity contribution in [3.63, 3.8) is 0 Å². The molecule has 6 aliphatic carbocycles. The second kappa shape index (κ2) is 6.42. The van der Waals surface area contributed by atoms with E-state index in [4.69, 9.17) is 0 Å². The van der Waals surface area contributed by atoms with Gasteiger partial charge in [-0.15, -0.1) is 0 Å². The third kappa shape index (κ3) is 2.35. The van der Waals surface area contributed by atoms with E-state index in [1.165, 1.54) is 49.7 Å². The summed E-state index contributed by atoms with van der Waals surface area (Å²) < 4.78 is 0. The number of hydrogen-bond acceptors (Lipinski definition) is 0. The first kappa shape index (κ1) is 19.4. The molecule has 0 saturated heterocycles. The van der Waals surface area contributed by atoms with Crippen molar-refractivity contribution in [1.82, 2.24) is 0 Å². The Morgan fingerprint density at radius 1 is 0.618 bits per heavy atom. The van der Waals surface area contributed by atoms with Gasteiger partial charge in [-0.05, 0) is 96.9 Å². The summed E-state index contributed by atoms with van der Waals surface area (Å²) in [5.41, 5.74) is 16.5. The van der Waals surface area contributed by atoms with Crippen LogP contribution in [-0.2, 0) is 12.8 Å². The van der Waals surface area contributed by atoms with Crippen LogP contribution in [0.2, 0.25) is 0 Å². The van der Waals surface area contributed by atoms with E-state index in [1.54, 1.807) is 44.6 Å². The Labute approximate surface area is 203 Å². The van der Waals surface area contributed by atoms with Crippen molar-refractivity contribution in [3.05, 3.63) is 117 Å². The molecule has 168 valence electrons. The molecule has 4 bridgehead atoms. The van der Waals surface area contributed by atoms with Gasteiger partial charge in [0.1, 0.15) is 0 Å². The van der Waals surface area contributed by atoms with E-state index in [2.05, 4.69) is 86.7 Å². The average Bonchev–Trinajstić information content (AvgIpc) is 3.34. The highest BCUT2D eigenvalue weighted by atomic mass is 14.5. The molecule has 0 nitrogen and oxygen atoms in total. The van der Waals surface area contributed by atoms with Crippen molar-refractivity contribution in [2.45, 2.75) is 52.4 Å². The summed E-state index contributed by atoms with van der Waals surface area (Å²) in [6, 6.07) is 18.4. The second-order valence-corrected chi connectivity index (χ2v) is 12.1. The van der Waals surface area contributed by atoms with Gasteiger partial charge in [0.2, 0.25) is 0 Å². The normalized spacial score (nSPS) is 36.4. The van der Waals surface area contributed by atoms with Gasteiger partial charge in [0.25, 0.3) is 0 Å². The van der Waals surface area contributed by atoms with Gasteiger partial charge < -0.3 is 0 Å². The zero-order valence-electron chi connectivity index (χ0n) is 20.3. The van der Waals surface area contributed by atoms with Gasteiger partial charge in [-0.3, -0.25) is 0 Å². The van der Waals surface area contributed by atoms with E-state index in [-0.39, 0.29) is 0 Å². The molecule has 0 fully saturated rings. The second-order valence-electron chi connectivity index (χ2n) is 12.1. The SMILES string of the molecule is CC1=CCC23Cc4ccccc4C2=C/C(=C2\C=C4c5ccccc5CC45CC=C(C)C2C5)C1C3. The van der Waals surface area contributed by atoms with Crippen LogP contribution in [0.15, 0.2) is 95.1 Å². The van der Waals surface area contributed by atoms with Crippen LogP contribution in [-0.4, -0.2) is 0 Å². The highest BCUT2D eigenvalue weighted by Gasteiger charge is 2.51. The van der Waals surface area contributed by atoms with Gasteiger partial charge in [-0.2, -0.15) is 0 Å². The fourth-order valence-corrected chi connectivity index (χ4v) is 8.61. The molecule has 0 radical (unpaired) electrons. The lowest BCUT2D eigenvalue weighted by molar-refractivity contribution is 0.303. The van der Waals surface area contributed by atoms with Gasteiger partial charge in [-0.1, -0.05) is 84.0 Å². The minimum absolute atomic E-state index is 0.320. The smallest absolute Gasteiger partial charge is 0.00571 e. The standard InChI is InChI=1S/C34H32/c1-21-11-13-33-17-23-7-3-5-9-25(23)31(33)15-27(29(21)19-33)28-16-32-26-10-6-4-8-24(26)18-34(32)14-12-22(2)30(28)20-34/h3-12,15-16,29-30H,13-14,17-20H2,1-2H3/b28-27-. The quantitative estimate of drug-likeness (QED) is 0.362. The number of fused-ring (bicyclic) bond motifs is 6. The Kier molecular flexibility index (Phi) is 3.67. The van der Waals surface area contributed by atoms with Crippen LogP contribution in [0.1, 0.15) is 61.8 Å². The van der Waals surface area contributed by atoms with Crippen LogP contribution in [0, 0.1) is 22.7 Å². The van der Waals surface area contributed by atoms with Gasteiger partial charge in [-0.25, -0.2) is 0 Å². The summed E-state index contributed by atoms with van der Waals surface area (Å²) in [5, 5.41) is 0. The van der Waals surface area contributed by atoms with E-state index < -0.39 is 0 Å². The number of rotatable bonds is 0. The van der Waals surface area contributed by atoms with Gasteiger partial charge >= 0.3 is 0 Å². The Bertz CT molecular complexity index is 1330. The van der Waals surface area contributed by atoms with Gasteiger partial charge in [0.05, 0.1) is 0 Å². The Morgan fingerprint density at radius 2 is 1.06 bits per heavy atom. The van der Waals surface area contributed by atoms with Crippen molar-refractivity contribution >= 4 is 11.1 Å². The highest BCUT2D eigenvalue weighted by molar-refractivity contribution is 5.85. The monoisotopic (exact) mass is 440 g/mol. The maximum atomic E-state index is 2.68. The van der Waals surface area contributed by atoms with E-state index >= 15 is 0 Å². The van der Waals surface area contributed by atoms with Gasteiger partial charge in [0, 0.05) is 22.7 Å². The summed E-state index contributed by atoms with van der Waals surface area (Å²) >= 11 is 0. The molecule has 0 saturated carbocycles. The van der Waals surface area contributed by atoms with E-state index in [1.807, 2.05) is 0 Å². The first-order valence-electron chi connectivity index (χ1n) is 13.3. The molecule has 0 N–H and O–H groups in total. The van der Waals surface area contributed by atoms with Crippen molar-refractivity contribution in [3.8, 4) is 0 Å². The molecule has 8 rings (SSSR count). The predicted molar refractivity (Wildman–Crippen MR) is 141 cm³/mol. The molecule has 2 aromatic carbocycles. The molecule has 4 atom stereocenters. The molecule has 0 heteroatoms. The molecular weight excluding hydrogens is 408 g/mol. The lowest BCUT2D eigenvalue weighted by Crippen LogP contribution is -2.35. The molecule has 0 aromatic heterocycles. The Balaban J connectivity index is 1.41. The molecule has 2 aromatic rings. The summed E-state index contributed by atoms with van der Waals surface area (Å²) in [5.74, 6) is 1.13. The topological polar surface area (TPSA) is 0 Å². The molecule has 6 aliphatic rings. The third-order valence-electron chi connectivity index (χ3n) is 10.4. The van der Waals surface area contributed by atoms with E-state index in [0.29, 0.717) is 22.7 Å². The summed E-state index contributed by atoms with van der Waals surface area (Å²) in [7, 11) is 0. The average molecular weight is 441 g/mol. The predicted octanol–water partition coefficient (Wildman–Crippen LogP) is 8.28. The fourth-order valence-electron chi connectivity index (χ4n) is 8.61. The van der Waals surface area contributed by atoms with Crippen LogP contribution in [0.3, 0.4) is 0 Å². The molecule has 0 amide bonds. The first-order chi connectivity index (χ1) is 16.6. The molecular formula is C34H32. The summed E-state index contributed by atoms with van der Waals surface area (Å²) in [6.45, 7) is 4.79. The van der Waals surface area contributed by atoms with Crippen molar-refractivity contribution in [2.24, 2.45) is 22.7 Å². The summed E-state index contributed by atoms with van der Waals surface area (Å²) in [4.78, 5) is 0. The Hall–Kier alpha value is -2.86. The van der Waals surface area contributed by atoms with Crippen LogP contribution in [0.25, 0.3) is 11.1 Å². The Morgan fingerprint density at radius 3 is 1.53 bits per heavy atom. The maximum absolute atomic E-state index is 2.68. The van der Waals surface area contributed by atoms with Crippen LogP contribution in [0.5, 0.6) is 0 Å². The highest BCUT2D eigenvalue weighted by Crippen LogP contribution is 2.64. The lowest BCUT2D eigenvalue weighted by Gasteiger charge is -2.47. The number of hydrogen-bond donors (Lipinski definition) is 0. The number of allylic oxidation sites excluding steroid dienone is 10. The van der Waals surface area contributed by atoms with Crippen molar-refractivity contribution in [1.29, 1.82) is 0 Å². The maximum Gasteiger partial charge on any atom is 0.00571 e. The van der Waals surface area contributed by atoms with E-state index in [9.17, 15) is 0 Å². The van der Waals surface area contributed by atoms with E-state index in [0.717, 1.165) is 0 Å². The molecule has 2 spiro atoms. The van der Waals surface area contributed by atoms with Crippen LogP contribution in [0.4, 0.5) is 0 Å². The van der Waals surface area contributed by atoms with Crippen molar-refractivity contribution in [2.75, 3.05) is 0 Å². The molecule has 0 aliphatic heterocycles. The third-order valence-corrected chi connectivity index (χ3v) is 10.4. The van der Waals surface area contributed by atoms with Gasteiger partial charge in [0.15, 0.2) is 0 Å². The zero-order valence-corrected chi connectivity index (χ0v) is 20.3. The van der Waals surface area contributed by atoms with Crippen LogP contribution >= 0.6 is 0 Å². The minimum atomic E-state index is 0.320. The summed E-state index contributed by atoms with van der Waals surface area (Å²) in [6.07, 6.45) is 18.0. The molecule has 34 heavy (non-hydrogen) atoms. The first-order valence-corrected chi connectivity index (χ1v) is 13.3. The largest absolute Gasteiger partial charge is 0.0841 e. The lowest BCUT2D eigenvalue weighted by atomic mass is 9.56. The fraction of sp³-hybridized carbons (Fsp3) is 0.353. The molecule has 0 heterocycles. The minimum Gasteiger partial charge on any atom is -0.0841 e. The zero-order chi connectivity index (χ0) is 22.7. The number of benzene rings is 2. The molecule has 4 unspecified atom stereocenters.